The van der Waals surface area contributed by atoms with Crippen LogP contribution in [0, 0.1) is 5.82 Å². The van der Waals surface area contributed by atoms with Crippen molar-refractivity contribution in [1.82, 2.24) is 4.98 Å². The Morgan fingerprint density at radius 1 is 1.03 bits per heavy atom. The van der Waals surface area contributed by atoms with Gasteiger partial charge in [0.1, 0.15) is 5.82 Å². The third kappa shape index (κ3) is 5.27. The summed E-state index contributed by atoms with van der Waals surface area (Å²) in [6, 6.07) is 20.8. The largest absolute Gasteiger partial charge is 0.298 e. The molecule has 33 heavy (non-hydrogen) atoms. The van der Waals surface area contributed by atoms with Crippen LogP contribution in [0.3, 0.4) is 0 Å². The molecule has 0 saturated carbocycles. The van der Waals surface area contributed by atoms with E-state index < -0.39 is 15.9 Å². The number of halogens is 1. The van der Waals surface area contributed by atoms with Crippen LogP contribution < -0.4 is 9.62 Å². The summed E-state index contributed by atoms with van der Waals surface area (Å²) in [5, 5.41) is 3.11. The number of hydrogen-bond donors (Lipinski definition) is 1. The van der Waals surface area contributed by atoms with Crippen molar-refractivity contribution in [1.29, 1.82) is 0 Å². The molecule has 6 nitrogen and oxygen atoms in total. The first-order valence-corrected chi connectivity index (χ1v) is 12.2. The number of hydrogen-bond acceptors (Lipinski definition) is 5. The minimum absolute atomic E-state index is 0.0117. The van der Waals surface area contributed by atoms with Crippen LogP contribution in [0.15, 0.2) is 90.0 Å². The van der Waals surface area contributed by atoms with Gasteiger partial charge in [0.25, 0.3) is 15.9 Å². The normalized spacial score (nSPS) is 11.2. The van der Waals surface area contributed by atoms with E-state index in [0.29, 0.717) is 17.2 Å². The van der Waals surface area contributed by atoms with Crippen molar-refractivity contribution in [3.05, 3.63) is 107 Å². The van der Waals surface area contributed by atoms with E-state index in [2.05, 4.69) is 10.3 Å². The summed E-state index contributed by atoms with van der Waals surface area (Å²) >= 11 is 1.30. The first kappa shape index (κ1) is 22.6. The van der Waals surface area contributed by atoms with Crippen LogP contribution in [0.4, 0.5) is 15.2 Å². The molecular weight excluding hydrogens is 461 g/mol. The lowest BCUT2D eigenvalue weighted by molar-refractivity contribution is 0.102. The second kappa shape index (κ2) is 9.51. The predicted molar refractivity (Wildman–Crippen MR) is 128 cm³/mol. The van der Waals surface area contributed by atoms with Gasteiger partial charge in [0, 0.05) is 30.1 Å². The van der Waals surface area contributed by atoms with Gasteiger partial charge in [-0.25, -0.2) is 17.8 Å². The molecule has 0 radical (unpaired) electrons. The molecule has 4 aromatic rings. The lowest BCUT2D eigenvalue weighted by atomic mass is 10.1. The zero-order valence-electron chi connectivity index (χ0n) is 17.6. The number of carbonyl (C=O) groups excluding carboxylic acids is 1. The predicted octanol–water partition coefficient (Wildman–Crippen LogP) is 4.95. The van der Waals surface area contributed by atoms with Crippen LogP contribution in [0.2, 0.25) is 0 Å². The molecule has 0 bridgehead atoms. The van der Waals surface area contributed by atoms with E-state index in [-0.39, 0.29) is 16.3 Å². The smallest absolute Gasteiger partial charge is 0.264 e. The summed E-state index contributed by atoms with van der Waals surface area (Å²) in [5.41, 5.74) is 1.65. The monoisotopic (exact) mass is 481 g/mol. The fourth-order valence-corrected chi connectivity index (χ4v) is 5.24. The van der Waals surface area contributed by atoms with E-state index in [4.69, 9.17) is 0 Å². The number of nitrogens with zero attached hydrogens (tertiary/aromatic N) is 2. The first-order valence-electron chi connectivity index (χ1n) is 9.97. The molecule has 0 aliphatic carbocycles. The van der Waals surface area contributed by atoms with Gasteiger partial charge >= 0.3 is 0 Å². The highest BCUT2D eigenvalue weighted by atomic mass is 32.2. The number of para-hydroxylation sites is 1. The lowest BCUT2D eigenvalue weighted by Gasteiger charge is -2.19. The van der Waals surface area contributed by atoms with Crippen LogP contribution >= 0.6 is 11.3 Å². The maximum atomic E-state index is 13.1. The van der Waals surface area contributed by atoms with Crippen molar-refractivity contribution in [2.24, 2.45) is 0 Å². The topological polar surface area (TPSA) is 79.4 Å². The summed E-state index contributed by atoms with van der Waals surface area (Å²) in [7, 11) is -2.37. The Balaban J connectivity index is 1.48. The molecule has 0 unspecified atom stereocenters. The molecule has 0 aliphatic heterocycles. The number of benzene rings is 3. The molecule has 1 aromatic heterocycles. The van der Waals surface area contributed by atoms with Crippen molar-refractivity contribution in [3.8, 4) is 0 Å². The minimum Gasteiger partial charge on any atom is -0.298 e. The number of carbonyl (C=O) groups is 1. The Morgan fingerprint density at radius 3 is 2.48 bits per heavy atom. The molecule has 1 N–H and O–H groups in total. The third-order valence-electron chi connectivity index (χ3n) is 4.94. The van der Waals surface area contributed by atoms with Crippen LogP contribution in [0.5, 0.6) is 0 Å². The van der Waals surface area contributed by atoms with Crippen molar-refractivity contribution >= 4 is 38.1 Å². The molecular formula is C24H20FN3O3S2. The van der Waals surface area contributed by atoms with E-state index in [9.17, 15) is 17.6 Å². The minimum atomic E-state index is -3.84. The van der Waals surface area contributed by atoms with Gasteiger partial charge in [0.15, 0.2) is 5.13 Å². The van der Waals surface area contributed by atoms with Crippen molar-refractivity contribution in [2.45, 2.75) is 11.3 Å². The van der Waals surface area contributed by atoms with Crippen LogP contribution in [0.1, 0.15) is 20.8 Å². The van der Waals surface area contributed by atoms with E-state index in [1.165, 1.54) is 53.0 Å². The quantitative estimate of drug-likeness (QED) is 0.405. The van der Waals surface area contributed by atoms with Crippen molar-refractivity contribution in [3.63, 3.8) is 0 Å². The summed E-state index contributed by atoms with van der Waals surface area (Å²) in [4.78, 5) is 17.9. The lowest BCUT2D eigenvalue weighted by Crippen LogP contribution is -2.26. The molecule has 0 aliphatic rings. The van der Waals surface area contributed by atoms with Gasteiger partial charge in [-0.05, 0) is 48.0 Å². The fraction of sp³-hybridized carbons (Fsp3) is 0.0833. The summed E-state index contributed by atoms with van der Waals surface area (Å²) in [5.74, 6) is -0.757. The van der Waals surface area contributed by atoms with E-state index in [1.807, 2.05) is 0 Å². The third-order valence-corrected chi connectivity index (χ3v) is 7.63. The average Bonchev–Trinajstić information content (AvgIpc) is 3.27. The van der Waals surface area contributed by atoms with Gasteiger partial charge in [-0.15, -0.1) is 11.3 Å². The van der Waals surface area contributed by atoms with Crippen molar-refractivity contribution in [2.75, 3.05) is 16.7 Å². The molecule has 0 fully saturated rings. The van der Waals surface area contributed by atoms with Crippen LogP contribution in [-0.2, 0) is 16.4 Å². The Morgan fingerprint density at radius 2 is 1.76 bits per heavy atom. The van der Waals surface area contributed by atoms with Gasteiger partial charge in [-0.2, -0.15) is 0 Å². The van der Waals surface area contributed by atoms with E-state index >= 15 is 0 Å². The van der Waals surface area contributed by atoms with Gasteiger partial charge in [0.05, 0.1) is 10.6 Å². The Labute approximate surface area is 195 Å². The highest BCUT2D eigenvalue weighted by Gasteiger charge is 2.22. The summed E-state index contributed by atoms with van der Waals surface area (Å²) in [6.45, 7) is 0. The maximum absolute atomic E-state index is 13.1. The van der Waals surface area contributed by atoms with Crippen LogP contribution in [-0.4, -0.2) is 26.4 Å². The number of rotatable bonds is 7. The second-order valence-corrected chi connectivity index (χ2v) is 10.3. The Hall–Kier alpha value is -3.56. The molecule has 1 amide bonds. The Bertz CT molecular complexity index is 1370. The van der Waals surface area contributed by atoms with Gasteiger partial charge in [0.2, 0.25) is 0 Å². The highest BCUT2D eigenvalue weighted by Crippen LogP contribution is 2.24. The molecule has 168 valence electrons. The number of aromatic nitrogens is 1. The van der Waals surface area contributed by atoms with Crippen molar-refractivity contribution < 1.29 is 17.6 Å². The number of amides is 1. The maximum Gasteiger partial charge on any atom is 0.264 e. The zero-order chi connectivity index (χ0) is 23.4. The van der Waals surface area contributed by atoms with E-state index in [1.54, 1.807) is 54.7 Å². The molecule has 0 spiro atoms. The average molecular weight is 482 g/mol. The number of nitrogens with one attached hydrogen (secondary N) is 1. The summed E-state index contributed by atoms with van der Waals surface area (Å²) < 4.78 is 40.3. The number of sulfonamides is 1. The molecule has 0 saturated heterocycles. The van der Waals surface area contributed by atoms with Gasteiger partial charge in [-0.1, -0.05) is 36.4 Å². The van der Waals surface area contributed by atoms with Gasteiger partial charge < -0.3 is 0 Å². The molecule has 1 heterocycles. The Kier molecular flexibility index (Phi) is 6.52. The molecule has 0 atom stereocenters. The summed E-state index contributed by atoms with van der Waals surface area (Å²) in [6.07, 6.45) is 2.21. The SMILES string of the molecule is CN(c1ccccc1)S(=O)(=O)c1cccc(C(=O)Nc2ncc(Cc3ccc(F)cc3)s2)c1. The highest BCUT2D eigenvalue weighted by molar-refractivity contribution is 7.92. The molecule has 3 aromatic carbocycles. The zero-order valence-corrected chi connectivity index (χ0v) is 19.2. The van der Waals surface area contributed by atoms with E-state index in [0.717, 1.165) is 10.4 Å². The standard InChI is InChI=1S/C24H20FN3O3S2/c1-28(20-7-3-2-4-8-20)33(30,31)22-9-5-6-18(15-22)23(29)27-24-26-16-21(32-24)14-17-10-12-19(25)13-11-17/h2-13,15-16H,14H2,1H3,(H,26,27,29). The van der Waals surface area contributed by atoms with Gasteiger partial charge in [-0.3, -0.25) is 14.4 Å². The second-order valence-electron chi connectivity index (χ2n) is 7.23. The molecule has 9 heteroatoms. The molecule has 4 rings (SSSR count). The van der Waals surface area contributed by atoms with Crippen LogP contribution in [0.25, 0.3) is 0 Å². The number of anilines is 2. The fourth-order valence-electron chi connectivity index (χ4n) is 3.15. The first-order chi connectivity index (χ1) is 15.8. The number of thiazole rings is 1.